The average Bonchev–Trinajstić information content (AvgIpc) is 2.87. The molecule has 0 atom stereocenters. The molecule has 0 spiro atoms. The van der Waals surface area contributed by atoms with E-state index in [1.54, 1.807) is 24.3 Å². The van der Waals surface area contributed by atoms with E-state index >= 15 is 0 Å². The van der Waals surface area contributed by atoms with E-state index in [0.29, 0.717) is 5.69 Å². The Kier molecular flexibility index (Phi) is 4.27. The molecule has 0 saturated carbocycles. The van der Waals surface area contributed by atoms with Crippen molar-refractivity contribution in [3.05, 3.63) is 47.8 Å². The lowest BCUT2D eigenvalue weighted by molar-refractivity contribution is -0.141. The van der Waals surface area contributed by atoms with Crippen LogP contribution in [0.3, 0.4) is 0 Å². The summed E-state index contributed by atoms with van der Waals surface area (Å²) in [5, 5.41) is 5.91. The number of para-hydroxylation sites is 1. The van der Waals surface area contributed by atoms with Gasteiger partial charge in [-0.15, -0.1) is 0 Å². The number of hydrogen-bond donors (Lipinski definition) is 2. The third-order valence-corrected chi connectivity index (χ3v) is 2.75. The highest BCUT2D eigenvalue weighted by molar-refractivity contribution is 5.91. The maximum absolute atomic E-state index is 12.4. The normalized spacial score (nSPS) is 11.4. The van der Waals surface area contributed by atoms with Gasteiger partial charge in [-0.2, -0.15) is 18.3 Å². The van der Waals surface area contributed by atoms with Gasteiger partial charge in [0, 0.05) is 18.4 Å². The average molecular weight is 298 g/mol. The molecular formula is C13H13F3N4O. The standard InChI is InChI=1S/C13H13F3N4O/c14-13(15,16)11-5-6-20(19-11)8-12(21)18-10-4-2-1-3-9(10)7-17/h1-6H,7-8,17H2,(H,18,21). The van der Waals surface area contributed by atoms with Gasteiger partial charge in [-0.3, -0.25) is 9.48 Å². The van der Waals surface area contributed by atoms with Crippen molar-refractivity contribution in [2.24, 2.45) is 5.73 Å². The molecule has 21 heavy (non-hydrogen) atoms. The monoisotopic (exact) mass is 298 g/mol. The van der Waals surface area contributed by atoms with Gasteiger partial charge < -0.3 is 11.1 Å². The molecule has 8 heteroatoms. The first-order valence-corrected chi connectivity index (χ1v) is 6.08. The van der Waals surface area contributed by atoms with E-state index in [0.717, 1.165) is 22.5 Å². The molecule has 1 aromatic heterocycles. The van der Waals surface area contributed by atoms with Gasteiger partial charge in [0.1, 0.15) is 6.54 Å². The topological polar surface area (TPSA) is 72.9 Å². The third-order valence-electron chi connectivity index (χ3n) is 2.75. The first kappa shape index (κ1) is 15.0. The number of alkyl halides is 3. The van der Waals surface area contributed by atoms with Crippen LogP contribution in [-0.4, -0.2) is 15.7 Å². The molecule has 0 unspecified atom stereocenters. The molecule has 3 N–H and O–H groups in total. The first-order valence-electron chi connectivity index (χ1n) is 6.08. The van der Waals surface area contributed by atoms with E-state index in [9.17, 15) is 18.0 Å². The van der Waals surface area contributed by atoms with Gasteiger partial charge in [0.05, 0.1) is 0 Å². The van der Waals surface area contributed by atoms with E-state index in [1.807, 2.05) is 0 Å². The largest absolute Gasteiger partial charge is 0.435 e. The van der Waals surface area contributed by atoms with Crippen molar-refractivity contribution in [1.29, 1.82) is 0 Å². The van der Waals surface area contributed by atoms with Gasteiger partial charge in [-0.1, -0.05) is 18.2 Å². The maximum Gasteiger partial charge on any atom is 0.435 e. The van der Waals surface area contributed by atoms with Crippen molar-refractivity contribution in [3.8, 4) is 0 Å². The van der Waals surface area contributed by atoms with Crippen LogP contribution >= 0.6 is 0 Å². The summed E-state index contributed by atoms with van der Waals surface area (Å²) in [7, 11) is 0. The highest BCUT2D eigenvalue weighted by Crippen LogP contribution is 2.27. The van der Waals surface area contributed by atoms with E-state index in [-0.39, 0.29) is 13.1 Å². The lowest BCUT2D eigenvalue weighted by Crippen LogP contribution is -2.20. The summed E-state index contributed by atoms with van der Waals surface area (Å²) in [6, 6.07) is 7.75. The van der Waals surface area contributed by atoms with Crippen LogP contribution in [0.1, 0.15) is 11.3 Å². The number of aromatic nitrogens is 2. The Morgan fingerprint density at radius 1 is 1.29 bits per heavy atom. The number of carbonyl (C=O) groups is 1. The second kappa shape index (κ2) is 5.96. The fourth-order valence-corrected chi connectivity index (χ4v) is 1.76. The SMILES string of the molecule is NCc1ccccc1NC(=O)Cn1ccc(C(F)(F)F)n1. The molecule has 0 aliphatic carbocycles. The molecule has 0 fully saturated rings. The summed E-state index contributed by atoms with van der Waals surface area (Å²) in [5.41, 5.74) is 5.78. The number of rotatable bonds is 4. The van der Waals surface area contributed by atoms with E-state index in [1.165, 1.54) is 0 Å². The van der Waals surface area contributed by atoms with Crippen LogP contribution in [0.15, 0.2) is 36.5 Å². The fraction of sp³-hybridized carbons (Fsp3) is 0.231. The van der Waals surface area contributed by atoms with Crippen molar-refractivity contribution in [2.45, 2.75) is 19.3 Å². The molecule has 112 valence electrons. The molecule has 0 saturated heterocycles. The smallest absolute Gasteiger partial charge is 0.326 e. The van der Waals surface area contributed by atoms with Crippen LogP contribution in [0.2, 0.25) is 0 Å². The van der Waals surface area contributed by atoms with Gasteiger partial charge in [-0.05, 0) is 17.7 Å². The Morgan fingerprint density at radius 3 is 2.62 bits per heavy atom. The predicted molar refractivity (Wildman–Crippen MR) is 70.2 cm³/mol. The van der Waals surface area contributed by atoms with Crippen LogP contribution in [0.25, 0.3) is 0 Å². The first-order chi connectivity index (χ1) is 9.90. The number of benzene rings is 1. The molecule has 0 bridgehead atoms. The predicted octanol–water partition coefficient (Wildman–Crippen LogP) is 2.00. The van der Waals surface area contributed by atoms with Crippen LogP contribution in [0.4, 0.5) is 18.9 Å². The van der Waals surface area contributed by atoms with Crippen molar-refractivity contribution >= 4 is 11.6 Å². The molecule has 5 nitrogen and oxygen atoms in total. The number of hydrogen-bond acceptors (Lipinski definition) is 3. The number of nitrogens with zero attached hydrogens (tertiary/aromatic N) is 2. The molecule has 0 radical (unpaired) electrons. The Labute approximate surface area is 118 Å². The van der Waals surface area contributed by atoms with Crippen molar-refractivity contribution < 1.29 is 18.0 Å². The Morgan fingerprint density at radius 2 is 2.00 bits per heavy atom. The van der Waals surface area contributed by atoms with E-state index in [4.69, 9.17) is 5.73 Å². The van der Waals surface area contributed by atoms with Crippen molar-refractivity contribution in [2.75, 3.05) is 5.32 Å². The molecular weight excluding hydrogens is 285 g/mol. The number of anilines is 1. The molecule has 2 rings (SSSR count). The van der Waals surface area contributed by atoms with Crippen LogP contribution in [0, 0.1) is 0 Å². The second-order valence-electron chi connectivity index (χ2n) is 4.31. The quantitative estimate of drug-likeness (QED) is 0.906. The Bertz CT molecular complexity index is 636. The zero-order chi connectivity index (χ0) is 15.5. The highest BCUT2D eigenvalue weighted by atomic mass is 19.4. The molecule has 0 aliphatic heterocycles. The van der Waals surface area contributed by atoms with Gasteiger partial charge >= 0.3 is 6.18 Å². The summed E-state index contributed by atoms with van der Waals surface area (Å²) in [5.74, 6) is -0.479. The minimum atomic E-state index is -4.52. The lowest BCUT2D eigenvalue weighted by Gasteiger charge is -2.09. The minimum Gasteiger partial charge on any atom is -0.326 e. The third kappa shape index (κ3) is 3.82. The number of carbonyl (C=O) groups excluding carboxylic acids is 1. The van der Waals surface area contributed by atoms with Crippen molar-refractivity contribution in [1.82, 2.24) is 9.78 Å². The fourth-order valence-electron chi connectivity index (χ4n) is 1.76. The van der Waals surface area contributed by atoms with Gasteiger partial charge in [0.2, 0.25) is 5.91 Å². The summed E-state index contributed by atoms with van der Waals surface area (Å²) in [4.78, 5) is 11.8. The van der Waals surface area contributed by atoms with Crippen molar-refractivity contribution in [3.63, 3.8) is 0 Å². The van der Waals surface area contributed by atoms with E-state index in [2.05, 4.69) is 10.4 Å². The molecule has 1 heterocycles. The summed E-state index contributed by atoms with van der Waals surface area (Å²) < 4.78 is 38.1. The zero-order valence-electron chi connectivity index (χ0n) is 10.9. The molecule has 1 amide bonds. The van der Waals surface area contributed by atoms with E-state index < -0.39 is 17.8 Å². The molecule has 2 aromatic rings. The van der Waals surface area contributed by atoms with Gasteiger partial charge in [0.25, 0.3) is 0 Å². The lowest BCUT2D eigenvalue weighted by atomic mass is 10.2. The highest BCUT2D eigenvalue weighted by Gasteiger charge is 2.33. The van der Waals surface area contributed by atoms with Crippen LogP contribution in [-0.2, 0) is 24.1 Å². The summed E-state index contributed by atoms with van der Waals surface area (Å²) in [6.07, 6.45) is -3.41. The zero-order valence-corrected chi connectivity index (χ0v) is 10.9. The van der Waals surface area contributed by atoms with Crippen LogP contribution in [0.5, 0.6) is 0 Å². The Balaban J connectivity index is 2.03. The summed E-state index contributed by atoms with van der Waals surface area (Å²) >= 11 is 0. The van der Waals surface area contributed by atoms with Crippen LogP contribution < -0.4 is 11.1 Å². The second-order valence-corrected chi connectivity index (χ2v) is 4.31. The molecule has 0 aliphatic rings. The number of nitrogens with two attached hydrogens (primary N) is 1. The Hall–Kier alpha value is -2.35. The number of halogens is 3. The molecule has 1 aromatic carbocycles. The van der Waals surface area contributed by atoms with Gasteiger partial charge in [-0.25, -0.2) is 0 Å². The number of nitrogens with one attached hydrogen (secondary N) is 1. The maximum atomic E-state index is 12.4. The minimum absolute atomic E-state index is 0.246. The summed E-state index contributed by atoms with van der Waals surface area (Å²) in [6.45, 7) is -0.0641. The number of amides is 1. The van der Waals surface area contributed by atoms with Gasteiger partial charge in [0.15, 0.2) is 5.69 Å².